The smallest absolute Gasteiger partial charge is 0.229 e. The molecule has 1 aliphatic rings. The van der Waals surface area contributed by atoms with Crippen molar-refractivity contribution in [2.75, 3.05) is 18.4 Å². The van der Waals surface area contributed by atoms with Crippen molar-refractivity contribution in [3.8, 4) is 0 Å². The maximum absolute atomic E-state index is 13.8. The van der Waals surface area contributed by atoms with E-state index < -0.39 is 0 Å². The molecule has 0 amide bonds. The second-order valence-corrected chi connectivity index (χ2v) is 6.19. The Morgan fingerprint density at radius 1 is 1.45 bits per heavy atom. The molecule has 5 nitrogen and oxygen atoms in total. The lowest BCUT2D eigenvalue weighted by atomic mass is 10.0. The summed E-state index contributed by atoms with van der Waals surface area (Å²) in [5.41, 5.74) is 0.476. The molecule has 1 atom stereocenters. The van der Waals surface area contributed by atoms with E-state index in [9.17, 15) is 4.39 Å². The lowest BCUT2D eigenvalue weighted by molar-refractivity contribution is 0.528. The Kier molecular flexibility index (Phi) is 3.88. The van der Waals surface area contributed by atoms with Crippen LogP contribution in [0.3, 0.4) is 0 Å². The Hall–Kier alpha value is -1.60. The molecular formula is C13H16FN5S. The lowest BCUT2D eigenvalue weighted by Crippen LogP contribution is -2.13. The fourth-order valence-electron chi connectivity index (χ4n) is 2.28. The van der Waals surface area contributed by atoms with Crippen LogP contribution in [0.15, 0.2) is 12.4 Å². The van der Waals surface area contributed by atoms with Gasteiger partial charge in [-0.3, -0.25) is 0 Å². The highest BCUT2D eigenvalue weighted by Gasteiger charge is 2.18. The van der Waals surface area contributed by atoms with Gasteiger partial charge in [-0.15, -0.1) is 11.3 Å². The molecule has 1 aliphatic heterocycles. The molecule has 0 spiro atoms. The number of hydrogen-bond donors (Lipinski definition) is 2. The first-order valence-corrected chi connectivity index (χ1v) is 7.44. The molecule has 1 unspecified atom stereocenters. The van der Waals surface area contributed by atoms with Crippen LogP contribution in [0.25, 0.3) is 0 Å². The van der Waals surface area contributed by atoms with Crippen molar-refractivity contribution >= 4 is 22.4 Å². The van der Waals surface area contributed by atoms with Crippen molar-refractivity contribution in [1.82, 2.24) is 20.3 Å². The normalized spacial score (nSPS) is 18.4. The molecule has 106 valence electrons. The van der Waals surface area contributed by atoms with Crippen LogP contribution < -0.4 is 10.6 Å². The van der Waals surface area contributed by atoms with Gasteiger partial charge in [0.2, 0.25) is 5.95 Å². The monoisotopic (exact) mass is 293 g/mol. The second-order valence-electron chi connectivity index (χ2n) is 4.95. The van der Waals surface area contributed by atoms with Gasteiger partial charge < -0.3 is 10.6 Å². The van der Waals surface area contributed by atoms with E-state index in [2.05, 4.69) is 25.6 Å². The van der Waals surface area contributed by atoms with Gasteiger partial charge in [0, 0.05) is 11.1 Å². The molecule has 0 bridgehead atoms. The summed E-state index contributed by atoms with van der Waals surface area (Å²) < 4.78 is 13.8. The maximum Gasteiger partial charge on any atom is 0.229 e. The van der Waals surface area contributed by atoms with Gasteiger partial charge in [0.1, 0.15) is 0 Å². The predicted octanol–water partition coefficient (Wildman–Crippen LogP) is 2.28. The van der Waals surface area contributed by atoms with Crippen molar-refractivity contribution < 1.29 is 4.39 Å². The van der Waals surface area contributed by atoms with E-state index in [-0.39, 0.29) is 5.82 Å². The van der Waals surface area contributed by atoms with Crippen LogP contribution in [-0.4, -0.2) is 28.0 Å². The van der Waals surface area contributed by atoms with E-state index in [1.807, 2.05) is 6.92 Å². The van der Waals surface area contributed by atoms with Gasteiger partial charge in [0.15, 0.2) is 10.9 Å². The summed E-state index contributed by atoms with van der Waals surface area (Å²) >= 11 is 1.52. The van der Waals surface area contributed by atoms with Crippen molar-refractivity contribution in [3.63, 3.8) is 0 Å². The zero-order valence-corrected chi connectivity index (χ0v) is 12.0. The fraction of sp³-hybridized carbons (Fsp3) is 0.462. The largest absolute Gasteiger partial charge is 0.316 e. The minimum absolute atomic E-state index is 0.335. The number of aryl methyl sites for hydroxylation is 1. The van der Waals surface area contributed by atoms with Gasteiger partial charge >= 0.3 is 0 Å². The Morgan fingerprint density at radius 2 is 2.35 bits per heavy atom. The molecule has 1 saturated heterocycles. The zero-order chi connectivity index (χ0) is 13.9. The van der Waals surface area contributed by atoms with E-state index in [1.54, 1.807) is 6.20 Å². The Morgan fingerprint density at radius 3 is 3.05 bits per heavy atom. The molecule has 1 fully saturated rings. The molecule has 2 aromatic rings. The number of halogens is 1. The highest BCUT2D eigenvalue weighted by atomic mass is 32.1. The van der Waals surface area contributed by atoms with Crippen LogP contribution in [0.2, 0.25) is 0 Å². The van der Waals surface area contributed by atoms with Crippen LogP contribution in [0.4, 0.5) is 15.5 Å². The number of anilines is 2. The van der Waals surface area contributed by atoms with Crippen molar-refractivity contribution in [2.45, 2.75) is 19.8 Å². The molecule has 3 heterocycles. The topological polar surface area (TPSA) is 62.7 Å². The lowest BCUT2D eigenvalue weighted by Gasteiger charge is -2.09. The van der Waals surface area contributed by atoms with Gasteiger partial charge in [0.05, 0.1) is 11.9 Å². The Balaban J connectivity index is 1.75. The summed E-state index contributed by atoms with van der Waals surface area (Å²) in [6.07, 6.45) is 4.72. The summed E-state index contributed by atoms with van der Waals surface area (Å²) in [4.78, 5) is 13.5. The molecule has 7 heteroatoms. The van der Waals surface area contributed by atoms with E-state index in [0.717, 1.165) is 29.5 Å². The second kappa shape index (κ2) is 5.80. The minimum Gasteiger partial charge on any atom is -0.316 e. The molecular weight excluding hydrogens is 277 g/mol. The van der Waals surface area contributed by atoms with Crippen molar-refractivity contribution in [1.29, 1.82) is 0 Å². The third kappa shape index (κ3) is 3.10. The van der Waals surface area contributed by atoms with E-state index in [0.29, 0.717) is 24.0 Å². The quantitative estimate of drug-likeness (QED) is 0.905. The summed E-state index contributed by atoms with van der Waals surface area (Å²) in [7, 11) is 0. The van der Waals surface area contributed by atoms with Crippen molar-refractivity contribution in [2.24, 2.45) is 5.92 Å². The molecule has 0 radical (unpaired) electrons. The first-order chi connectivity index (χ1) is 9.70. The van der Waals surface area contributed by atoms with Gasteiger partial charge in [-0.05, 0) is 38.8 Å². The van der Waals surface area contributed by atoms with Gasteiger partial charge in [-0.25, -0.2) is 19.3 Å². The summed E-state index contributed by atoms with van der Waals surface area (Å²) in [6.45, 7) is 3.91. The summed E-state index contributed by atoms with van der Waals surface area (Å²) in [5, 5.41) is 7.02. The highest BCUT2D eigenvalue weighted by Crippen LogP contribution is 2.21. The molecule has 0 aromatic carbocycles. The maximum atomic E-state index is 13.8. The van der Waals surface area contributed by atoms with Crippen LogP contribution in [0, 0.1) is 18.7 Å². The highest BCUT2D eigenvalue weighted by molar-refractivity contribution is 7.15. The number of nitrogens with one attached hydrogen (secondary N) is 2. The van der Waals surface area contributed by atoms with E-state index in [1.165, 1.54) is 17.5 Å². The van der Waals surface area contributed by atoms with Crippen LogP contribution in [0.5, 0.6) is 0 Å². The molecule has 0 saturated carbocycles. The number of aromatic nitrogens is 3. The Bertz CT molecular complexity index is 594. The van der Waals surface area contributed by atoms with Gasteiger partial charge in [-0.1, -0.05) is 0 Å². The molecule has 0 aliphatic carbocycles. The molecule has 3 rings (SSSR count). The van der Waals surface area contributed by atoms with Crippen molar-refractivity contribution in [3.05, 3.63) is 28.8 Å². The summed E-state index contributed by atoms with van der Waals surface area (Å²) in [6, 6.07) is 0. The first kappa shape index (κ1) is 13.4. The zero-order valence-electron chi connectivity index (χ0n) is 11.2. The predicted molar refractivity (Wildman–Crippen MR) is 76.8 cm³/mol. The number of thiazole rings is 1. The Labute approximate surface area is 120 Å². The number of hydrogen-bond acceptors (Lipinski definition) is 6. The van der Waals surface area contributed by atoms with Crippen LogP contribution in [-0.2, 0) is 6.42 Å². The van der Waals surface area contributed by atoms with Gasteiger partial charge in [-0.2, -0.15) is 0 Å². The third-order valence-electron chi connectivity index (χ3n) is 3.30. The minimum atomic E-state index is -0.335. The standard InChI is InChI=1S/C13H16FN5S/c1-8-5-17-13(20-8)19-12-16-7-10(14)11(18-12)4-9-2-3-15-6-9/h5,7,9,15H,2-4,6H2,1H3,(H,16,17,18,19). The summed E-state index contributed by atoms with van der Waals surface area (Å²) in [5.74, 6) is 0.522. The number of rotatable bonds is 4. The third-order valence-corrected chi connectivity index (χ3v) is 4.13. The fourth-order valence-corrected chi connectivity index (χ4v) is 2.93. The molecule has 2 aromatic heterocycles. The average molecular weight is 293 g/mol. The van der Waals surface area contributed by atoms with Gasteiger partial charge in [0.25, 0.3) is 0 Å². The molecule has 20 heavy (non-hydrogen) atoms. The average Bonchev–Trinajstić information content (AvgIpc) is 3.06. The first-order valence-electron chi connectivity index (χ1n) is 6.62. The van der Waals surface area contributed by atoms with Crippen LogP contribution >= 0.6 is 11.3 Å². The van der Waals surface area contributed by atoms with Crippen LogP contribution in [0.1, 0.15) is 17.0 Å². The number of nitrogens with zero attached hydrogens (tertiary/aromatic N) is 3. The SMILES string of the molecule is Cc1cnc(Nc2ncc(F)c(CC3CCNC3)n2)s1. The van der Waals surface area contributed by atoms with E-state index in [4.69, 9.17) is 0 Å². The molecule has 2 N–H and O–H groups in total. The van der Waals surface area contributed by atoms with E-state index >= 15 is 0 Å².